The van der Waals surface area contributed by atoms with Gasteiger partial charge in [-0.05, 0) is 35.9 Å². The Morgan fingerprint density at radius 1 is 1.11 bits per heavy atom. The van der Waals surface area contributed by atoms with Crippen molar-refractivity contribution in [1.29, 1.82) is 0 Å². The van der Waals surface area contributed by atoms with Crippen molar-refractivity contribution >= 4 is 50.6 Å². The third-order valence-electron chi connectivity index (χ3n) is 2.64. The van der Waals surface area contributed by atoms with Crippen molar-refractivity contribution in [3.05, 3.63) is 62.0 Å². The fourth-order valence-corrected chi connectivity index (χ4v) is 2.48. The summed E-state index contributed by atoms with van der Waals surface area (Å²) >= 11 is 15.1. The topological polar surface area (TPSA) is 43.1 Å². The molecule has 19 heavy (non-hydrogen) atoms. The zero-order valence-electron chi connectivity index (χ0n) is 9.79. The van der Waals surface area contributed by atoms with E-state index in [0.29, 0.717) is 21.3 Å². The van der Waals surface area contributed by atoms with Gasteiger partial charge in [0.25, 0.3) is 0 Å². The smallest absolute Gasteiger partial charge is 0.168 e. The van der Waals surface area contributed by atoms with E-state index < -0.39 is 0 Å². The van der Waals surface area contributed by atoms with Crippen molar-refractivity contribution in [3.63, 3.8) is 0 Å². The summed E-state index contributed by atoms with van der Waals surface area (Å²) in [5.41, 5.74) is 7.62. The highest BCUT2D eigenvalue weighted by Crippen LogP contribution is 2.25. The molecule has 0 aliphatic rings. The minimum atomic E-state index is -0.0300. The maximum Gasteiger partial charge on any atom is 0.168 e. The molecule has 0 saturated heterocycles. The van der Waals surface area contributed by atoms with Crippen LogP contribution in [0.25, 0.3) is 0 Å². The molecule has 0 aliphatic carbocycles. The largest absolute Gasteiger partial charge is 0.399 e. The Labute approximate surface area is 129 Å². The number of Topliss-reactive ketones (excluding diaryl/α,β-unsaturated/α-hetero) is 1. The zero-order valence-corrected chi connectivity index (χ0v) is 12.9. The van der Waals surface area contributed by atoms with E-state index in [-0.39, 0.29) is 12.2 Å². The number of hydrogen-bond donors (Lipinski definition) is 1. The first-order chi connectivity index (χ1) is 8.97. The first-order valence-corrected chi connectivity index (χ1v) is 7.04. The Bertz CT molecular complexity index is 643. The highest BCUT2D eigenvalue weighted by molar-refractivity contribution is 9.10. The summed E-state index contributed by atoms with van der Waals surface area (Å²) in [6.45, 7) is 0. The highest BCUT2D eigenvalue weighted by atomic mass is 79.9. The van der Waals surface area contributed by atoms with Crippen LogP contribution in [0.4, 0.5) is 5.69 Å². The predicted molar refractivity (Wildman–Crippen MR) is 83.1 cm³/mol. The summed E-state index contributed by atoms with van der Waals surface area (Å²) in [4.78, 5) is 12.2. The molecule has 0 amide bonds. The van der Waals surface area contributed by atoms with Gasteiger partial charge in [0.1, 0.15) is 0 Å². The quantitative estimate of drug-likeness (QED) is 0.634. The molecule has 0 unspecified atom stereocenters. The van der Waals surface area contributed by atoms with Gasteiger partial charge in [0.05, 0.1) is 10.0 Å². The SMILES string of the molecule is Nc1ccc(Br)c(C(=O)Cc2ccc(Cl)c(Cl)c2)c1. The van der Waals surface area contributed by atoms with Gasteiger partial charge in [-0.15, -0.1) is 0 Å². The maximum atomic E-state index is 12.2. The van der Waals surface area contributed by atoms with Gasteiger partial charge >= 0.3 is 0 Å². The Kier molecular flexibility index (Phi) is 4.50. The Balaban J connectivity index is 2.25. The van der Waals surface area contributed by atoms with Crippen LogP contribution in [-0.2, 0) is 6.42 Å². The second-order valence-electron chi connectivity index (χ2n) is 4.09. The number of ketones is 1. The molecule has 0 aliphatic heterocycles. The van der Waals surface area contributed by atoms with Crippen LogP contribution in [0.15, 0.2) is 40.9 Å². The lowest BCUT2D eigenvalue weighted by atomic mass is 10.0. The van der Waals surface area contributed by atoms with Gasteiger partial charge in [0.15, 0.2) is 5.78 Å². The van der Waals surface area contributed by atoms with E-state index in [4.69, 9.17) is 28.9 Å². The van der Waals surface area contributed by atoms with Gasteiger partial charge in [0, 0.05) is 22.1 Å². The lowest BCUT2D eigenvalue weighted by Crippen LogP contribution is -2.05. The minimum Gasteiger partial charge on any atom is -0.399 e. The Hall–Kier alpha value is -1.03. The van der Waals surface area contributed by atoms with Crippen LogP contribution in [0.5, 0.6) is 0 Å². The van der Waals surface area contributed by atoms with Gasteiger partial charge in [-0.3, -0.25) is 4.79 Å². The molecule has 5 heteroatoms. The van der Waals surface area contributed by atoms with E-state index in [9.17, 15) is 4.79 Å². The van der Waals surface area contributed by atoms with Gasteiger partial charge < -0.3 is 5.73 Å². The number of nitrogen functional groups attached to an aromatic ring is 1. The number of carbonyl (C=O) groups is 1. The Morgan fingerprint density at radius 3 is 2.53 bits per heavy atom. The van der Waals surface area contributed by atoms with E-state index in [1.807, 2.05) is 0 Å². The summed E-state index contributed by atoms with van der Waals surface area (Å²) in [6, 6.07) is 10.3. The third-order valence-corrected chi connectivity index (χ3v) is 4.07. The second kappa shape index (κ2) is 5.95. The molecule has 0 saturated carbocycles. The fourth-order valence-electron chi connectivity index (χ4n) is 1.69. The minimum absolute atomic E-state index is 0.0300. The normalized spacial score (nSPS) is 10.5. The second-order valence-corrected chi connectivity index (χ2v) is 5.76. The van der Waals surface area contributed by atoms with Crippen molar-refractivity contribution < 1.29 is 4.79 Å². The molecule has 0 spiro atoms. The van der Waals surface area contributed by atoms with E-state index >= 15 is 0 Å². The number of halogens is 3. The van der Waals surface area contributed by atoms with Gasteiger partial charge in [0.2, 0.25) is 0 Å². The molecule has 0 atom stereocenters. The molecule has 0 radical (unpaired) electrons. The molecule has 98 valence electrons. The molecule has 2 nitrogen and oxygen atoms in total. The van der Waals surface area contributed by atoms with Crippen LogP contribution in [-0.4, -0.2) is 5.78 Å². The molecule has 0 fully saturated rings. The van der Waals surface area contributed by atoms with Crippen molar-refractivity contribution in [2.75, 3.05) is 5.73 Å². The highest BCUT2D eigenvalue weighted by Gasteiger charge is 2.12. The molecular weight excluding hydrogens is 349 g/mol. The monoisotopic (exact) mass is 357 g/mol. The number of hydrogen-bond acceptors (Lipinski definition) is 2. The fraction of sp³-hybridized carbons (Fsp3) is 0.0714. The van der Waals surface area contributed by atoms with Crippen LogP contribution in [0.3, 0.4) is 0 Å². The van der Waals surface area contributed by atoms with Crippen LogP contribution in [0.2, 0.25) is 10.0 Å². The van der Waals surface area contributed by atoms with Gasteiger partial charge in [-0.2, -0.15) is 0 Å². The van der Waals surface area contributed by atoms with Crippen LogP contribution >= 0.6 is 39.1 Å². The van der Waals surface area contributed by atoms with Gasteiger partial charge in [-0.25, -0.2) is 0 Å². The van der Waals surface area contributed by atoms with Crippen LogP contribution in [0, 0.1) is 0 Å². The number of nitrogens with two attached hydrogens (primary N) is 1. The van der Waals surface area contributed by atoms with Crippen molar-refractivity contribution in [2.24, 2.45) is 0 Å². The summed E-state index contributed by atoms with van der Waals surface area (Å²) in [5, 5.41) is 0.918. The van der Waals surface area contributed by atoms with Crippen LogP contribution in [0.1, 0.15) is 15.9 Å². The first kappa shape index (κ1) is 14.4. The number of rotatable bonds is 3. The van der Waals surface area contributed by atoms with E-state index in [2.05, 4.69) is 15.9 Å². The average Bonchev–Trinajstić information content (AvgIpc) is 2.36. The Morgan fingerprint density at radius 2 is 1.84 bits per heavy atom. The maximum absolute atomic E-state index is 12.2. The summed E-state index contributed by atoms with van der Waals surface area (Å²) in [5.74, 6) is -0.0300. The van der Waals surface area contributed by atoms with Crippen LogP contribution < -0.4 is 5.73 Å². The van der Waals surface area contributed by atoms with E-state index in [0.717, 1.165) is 10.0 Å². The summed E-state index contributed by atoms with van der Waals surface area (Å²) < 4.78 is 0.728. The molecular formula is C14H10BrCl2NO. The van der Waals surface area contributed by atoms with E-state index in [1.165, 1.54) is 0 Å². The van der Waals surface area contributed by atoms with Crippen molar-refractivity contribution in [1.82, 2.24) is 0 Å². The molecule has 0 heterocycles. The molecule has 0 bridgehead atoms. The summed E-state index contributed by atoms with van der Waals surface area (Å²) in [7, 11) is 0. The summed E-state index contributed by atoms with van der Waals surface area (Å²) in [6.07, 6.45) is 0.249. The lowest BCUT2D eigenvalue weighted by Gasteiger charge is -2.06. The standard InChI is InChI=1S/C14H10BrCl2NO/c15-11-3-2-9(18)7-10(11)14(19)6-8-1-4-12(16)13(17)5-8/h1-5,7H,6,18H2. The molecule has 2 aromatic rings. The molecule has 2 rings (SSSR count). The molecule has 2 N–H and O–H groups in total. The average molecular weight is 359 g/mol. The van der Waals surface area contributed by atoms with Gasteiger partial charge in [-0.1, -0.05) is 45.2 Å². The molecule has 0 aromatic heterocycles. The number of benzene rings is 2. The zero-order chi connectivity index (χ0) is 14.0. The molecule has 2 aromatic carbocycles. The van der Waals surface area contributed by atoms with Crippen molar-refractivity contribution in [3.8, 4) is 0 Å². The van der Waals surface area contributed by atoms with E-state index in [1.54, 1.807) is 36.4 Å². The number of anilines is 1. The van der Waals surface area contributed by atoms with Crippen molar-refractivity contribution in [2.45, 2.75) is 6.42 Å². The number of carbonyl (C=O) groups excluding carboxylic acids is 1. The lowest BCUT2D eigenvalue weighted by molar-refractivity contribution is 0.0992. The third kappa shape index (κ3) is 3.50. The predicted octanol–water partition coefficient (Wildman–Crippen LogP) is 4.76. The first-order valence-electron chi connectivity index (χ1n) is 5.49.